The molecule has 2 fully saturated rings. The molecule has 0 bridgehead atoms. The van der Waals surface area contributed by atoms with Crippen LogP contribution in [0.2, 0.25) is 0 Å². The second kappa shape index (κ2) is 3.02. The van der Waals surface area contributed by atoms with Gasteiger partial charge in [-0.05, 0) is 37.5 Å². The van der Waals surface area contributed by atoms with Crippen LogP contribution in [0, 0.1) is 11.8 Å². The van der Waals surface area contributed by atoms with Gasteiger partial charge in [-0.1, -0.05) is 26.2 Å². The summed E-state index contributed by atoms with van der Waals surface area (Å²) in [5.41, 5.74) is -0.275. The van der Waals surface area contributed by atoms with E-state index in [0.29, 0.717) is 5.92 Å². The van der Waals surface area contributed by atoms with E-state index in [1.54, 1.807) is 0 Å². The van der Waals surface area contributed by atoms with E-state index in [0.717, 1.165) is 18.8 Å². The first kappa shape index (κ1) is 8.55. The number of rotatable bonds is 3. The first-order valence-corrected chi connectivity index (χ1v) is 5.43. The summed E-state index contributed by atoms with van der Waals surface area (Å²) in [6.07, 6.45) is 8.72. The first-order chi connectivity index (χ1) is 5.71. The minimum atomic E-state index is -0.275. The molecule has 0 heterocycles. The standard InChI is InChI=1S/C11H20O/c1-9-3-2-7-11(9,12)8-6-10-4-5-10/h9-10,12H,2-8H2,1H3. The zero-order valence-electron chi connectivity index (χ0n) is 8.05. The monoisotopic (exact) mass is 168 g/mol. The molecule has 1 heteroatoms. The first-order valence-electron chi connectivity index (χ1n) is 5.43. The van der Waals surface area contributed by atoms with E-state index >= 15 is 0 Å². The molecule has 0 saturated heterocycles. The minimum absolute atomic E-state index is 0.275. The van der Waals surface area contributed by atoms with E-state index in [-0.39, 0.29) is 5.60 Å². The van der Waals surface area contributed by atoms with Gasteiger partial charge in [0.15, 0.2) is 0 Å². The minimum Gasteiger partial charge on any atom is -0.390 e. The molecular formula is C11H20O. The Balaban J connectivity index is 1.82. The molecule has 2 aliphatic carbocycles. The molecular weight excluding hydrogens is 148 g/mol. The fraction of sp³-hybridized carbons (Fsp3) is 1.00. The van der Waals surface area contributed by atoms with Gasteiger partial charge in [0.2, 0.25) is 0 Å². The Labute approximate surface area is 75.2 Å². The summed E-state index contributed by atoms with van der Waals surface area (Å²) in [4.78, 5) is 0. The zero-order valence-corrected chi connectivity index (χ0v) is 8.05. The average Bonchev–Trinajstić information content (AvgIpc) is 2.79. The van der Waals surface area contributed by atoms with Crippen molar-refractivity contribution in [3.63, 3.8) is 0 Å². The van der Waals surface area contributed by atoms with Gasteiger partial charge in [-0.25, -0.2) is 0 Å². The molecule has 2 unspecified atom stereocenters. The van der Waals surface area contributed by atoms with Crippen LogP contribution < -0.4 is 0 Å². The van der Waals surface area contributed by atoms with E-state index in [1.807, 2.05) is 0 Å². The largest absolute Gasteiger partial charge is 0.390 e. The second-order valence-corrected chi connectivity index (χ2v) is 4.88. The van der Waals surface area contributed by atoms with Gasteiger partial charge in [-0.3, -0.25) is 0 Å². The molecule has 0 spiro atoms. The van der Waals surface area contributed by atoms with Crippen LogP contribution in [0.1, 0.15) is 51.9 Å². The van der Waals surface area contributed by atoms with Crippen molar-refractivity contribution < 1.29 is 5.11 Å². The van der Waals surface area contributed by atoms with Crippen LogP contribution >= 0.6 is 0 Å². The third-order valence-corrected chi connectivity index (χ3v) is 3.85. The van der Waals surface area contributed by atoms with Gasteiger partial charge in [-0.2, -0.15) is 0 Å². The van der Waals surface area contributed by atoms with Crippen LogP contribution in [0.4, 0.5) is 0 Å². The van der Waals surface area contributed by atoms with Crippen LogP contribution in [0.25, 0.3) is 0 Å². The molecule has 0 aromatic heterocycles. The molecule has 0 aliphatic heterocycles. The Hall–Kier alpha value is -0.0400. The summed E-state index contributed by atoms with van der Waals surface area (Å²) < 4.78 is 0. The highest BCUT2D eigenvalue weighted by Crippen LogP contribution is 2.42. The number of aliphatic hydroxyl groups is 1. The second-order valence-electron chi connectivity index (χ2n) is 4.88. The van der Waals surface area contributed by atoms with Crippen molar-refractivity contribution in [3.8, 4) is 0 Å². The molecule has 2 rings (SSSR count). The maximum absolute atomic E-state index is 10.2. The van der Waals surface area contributed by atoms with Crippen LogP contribution in [-0.2, 0) is 0 Å². The predicted molar refractivity (Wildman–Crippen MR) is 49.9 cm³/mol. The Morgan fingerprint density at radius 2 is 2.08 bits per heavy atom. The van der Waals surface area contributed by atoms with Gasteiger partial charge in [0.05, 0.1) is 5.60 Å². The van der Waals surface area contributed by atoms with Crippen molar-refractivity contribution >= 4 is 0 Å². The highest BCUT2D eigenvalue weighted by Gasteiger charge is 2.38. The van der Waals surface area contributed by atoms with E-state index in [1.165, 1.54) is 32.1 Å². The third kappa shape index (κ3) is 1.66. The Morgan fingerprint density at radius 1 is 1.33 bits per heavy atom. The SMILES string of the molecule is CC1CCCC1(O)CCC1CC1. The highest BCUT2D eigenvalue weighted by atomic mass is 16.3. The van der Waals surface area contributed by atoms with Crippen LogP contribution in [0.5, 0.6) is 0 Å². The Kier molecular flexibility index (Phi) is 2.16. The number of hydrogen-bond donors (Lipinski definition) is 1. The third-order valence-electron chi connectivity index (χ3n) is 3.85. The highest BCUT2D eigenvalue weighted by molar-refractivity contribution is 4.91. The van der Waals surface area contributed by atoms with Crippen molar-refractivity contribution in [2.75, 3.05) is 0 Å². The molecule has 1 nitrogen and oxygen atoms in total. The lowest BCUT2D eigenvalue weighted by Crippen LogP contribution is -2.31. The van der Waals surface area contributed by atoms with Gasteiger partial charge >= 0.3 is 0 Å². The zero-order chi connectivity index (χ0) is 8.60. The fourth-order valence-corrected chi connectivity index (χ4v) is 2.46. The van der Waals surface area contributed by atoms with E-state index in [9.17, 15) is 5.11 Å². The molecule has 0 aromatic rings. The molecule has 1 N–H and O–H groups in total. The van der Waals surface area contributed by atoms with Crippen molar-refractivity contribution in [1.29, 1.82) is 0 Å². The maximum atomic E-state index is 10.2. The number of hydrogen-bond acceptors (Lipinski definition) is 1. The van der Waals surface area contributed by atoms with Gasteiger partial charge < -0.3 is 5.11 Å². The molecule has 2 saturated carbocycles. The molecule has 0 aromatic carbocycles. The summed E-state index contributed by atoms with van der Waals surface area (Å²) in [7, 11) is 0. The molecule has 12 heavy (non-hydrogen) atoms. The lowest BCUT2D eigenvalue weighted by molar-refractivity contribution is -0.00199. The molecule has 2 atom stereocenters. The summed E-state index contributed by atoms with van der Waals surface area (Å²) >= 11 is 0. The summed E-state index contributed by atoms with van der Waals surface area (Å²) in [5.74, 6) is 1.53. The van der Waals surface area contributed by atoms with Crippen LogP contribution in [0.15, 0.2) is 0 Å². The lowest BCUT2D eigenvalue weighted by Gasteiger charge is -2.27. The topological polar surface area (TPSA) is 20.2 Å². The Bertz CT molecular complexity index is 162. The lowest BCUT2D eigenvalue weighted by atomic mass is 9.87. The smallest absolute Gasteiger partial charge is 0.0673 e. The molecule has 70 valence electrons. The van der Waals surface area contributed by atoms with Gasteiger partial charge in [-0.15, -0.1) is 0 Å². The van der Waals surface area contributed by atoms with Crippen molar-refractivity contribution in [3.05, 3.63) is 0 Å². The van der Waals surface area contributed by atoms with Gasteiger partial charge in [0.1, 0.15) is 0 Å². The maximum Gasteiger partial charge on any atom is 0.0673 e. The van der Waals surface area contributed by atoms with Crippen LogP contribution in [-0.4, -0.2) is 10.7 Å². The average molecular weight is 168 g/mol. The normalized spacial score (nSPS) is 42.0. The fourth-order valence-electron chi connectivity index (χ4n) is 2.46. The Morgan fingerprint density at radius 3 is 2.58 bits per heavy atom. The van der Waals surface area contributed by atoms with Crippen molar-refractivity contribution in [2.45, 2.75) is 57.5 Å². The van der Waals surface area contributed by atoms with E-state index in [4.69, 9.17) is 0 Å². The molecule has 0 amide bonds. The molecule has 0 radical (unpaired) electrons. The molecule has 2 aliphatic rings. The van der Waals surface area contributed by atoms with E-state index in [2.05, 4.69) is 6.92 Å². The van der Waals surface area contributed by atoms with Gasteiger partial charge in [0.25, 0.3) is 0 Å². The predicted octanol–water partition coefficient (Wildman–Crippen LogP) is 2.73. The van der Waals surface area contributed by atoms with Crippen molar-refractivity contribution in [1.82, 2.24) is 0 Å². The van der Waals surface area contributed by atoms with Crippen LogP contribution in [0.3, 0.4) is 0 Å². The summed E-state index contributed by atoms with van der Waals surface area (Å²) in [6.45, 7) is 2.21. The summed E-state index contributed by atoms with van der Waals surface area (Å²) in [5, 5.41) is 10.2. The van der Waals surface area contributed by atoms with E-state index < -0.39 is 0 Å². The quantitative estimate of drug-likeness (QED) is 0.687. The van der Waals surface area contributed by atoms with Crippen molar-refractivity contribution in [2.24, 2.45) is 11.8 Å². The van der Waals surface area contributed by atoms with Gasteiger partial charge in [0, 0.05) is 0 Å². The summed E-state index contributed by atoms with van der Waals surface area (Å²) in [6, 6.07) is 0.